The van der Waals surface area contributed by atoms with E-state index in [1.807, 2.05) is 37.3 Å². The molecule has 0 aliphatic heterocycles. The van der Waals surface area contributed by atoms with Crippen LogP contribution in [0.3, 0.4) is 0 Å². The summed E-state index contributed by atoms with van der Waals surface area (Å²) in [6.45, 7) is 15.2. The van der Waals surface area contributed by atoms with Crippen molar-refractivity contribution in [2.24, 2.45) is 0 Å². The van der Waals surface area contributed by atoms with Gasteiger partial charge in [0.15, 0.2) is 0 Å². The molecule has 0 spiro atoms. The molecule has 0 bridgehead atoms. The van der Waals surface area contributed by atoms with Crippen molar-refractivity contribution in [3.8, 4) is 0 Å². The Morgan fingerprint density at radius 1 is 0.727 bits per heavy atom. The van der Waals surface area contributed by atoms with Crippen LogP contribution in [-0.2, 0) is 10.0 Å². The number of sulfonamides is 1. The Bertz CT molecular complexity index is 1160. The molecule has 3 aromatic carbocycles. The third kappa shape index (κ3) is 5.96. The van der Waals surface area contributed by atoms with Crippen molar-refractivity contribution >= 4 is 33.1 Å². The maximum atomic E-state index is 13.6. The molecular weight excluding hydrogens is 493 g/mol. The summed E-state index contributed by atoms with van der Waals surface area (Å²) < 4.78 is 32.6. The summed E-state index contributed by atoms with van der Waals surface area (Å²) in [6, 6.07) is 21.8. The van der Waals surface area contributed by atoms with Gasteiger partial charge in [0.25, 0.3) is 0 Å². The molecule has 33 heavy (non-hydrogen) atoms. The van der Waals surface area contributed by atoms with Crippen LogP contribution >= 0.6 is 0 Å². The third-order valence-electron chi connectivity index (χ3n) is 5.79. The first-order valence-electron chi connectivity index (χ1n) is 11.6. The average Bonchev–Trinajstić information content (AvgIpc) is 2.77. The van der Waals surface area contributed by atoms with E-state index in [0.29, 0.717) is 10.8 Å². The van der Waals surface area contributed by atoms with E-state index < -0.39 is 24.1 Å². The SMILES string of the molecule is Cc1ccc(S(=O)(=O)N[Se+](c2ccccc2)c2c(C(C)C)cc(C(C)C)cc2C(C)C)cc1. The van der Waals surface area contributed by atoms with Crippen LogP contribution in [0.5, 0.6) is 0 Å². The van der Waals surface area contributed by atoms with Gasteiger partial charge in [-0.15, -0.1) is 0 Å². The topological polar surface area (TPSA) is 46.2 Å². The molecule has 0 amide bonds. The van der Waals surface area contributed by atoms with E-state index in [1.165, 1.54) is 21.2 Å². The molecule has 0 saturated heterocycles. The molecular formula is C28H36NO2SSe+. The Morgan fingerprint density at radius 3 is 1.70 bits per heavy atom. The van der Waals surface area contributed by atoms with E-state index in [0.717, 1.165) is 10.0 Å². The zero-order valence-electron chi connectivity index (χ0n) is 20.7. The second kappa shape index (κ2) is 10.6. The molecule has 3 nitrogen and oxygen atoms in total. The van der Waals surface area contributed by atoms with Crippen molar-refractivity contribution in [2.45, 2.75) is 71.1 Å². The first-order valence-corrected chi connectivity index (χ1v) is 15.6. The van der Waals surface area contributed by atoms with Gasteiger partial charge in [0.2, 0.25) is 0 Å². The van der Waals surface area contributed by atoms with E-state index >= 15 is 0 Å². The van der Waals surface area contributed by atoms with Gasteiger partial charge >= 0.3 is 205 Å². The first-order chi connectivity index (χ1) is 15.5. The molecule has 0 radical (unpaired) electrons. The fourth-order valence-corrected chi connectivity index (χ4v) is 11.5. The molecule has 0 saturated carbocycles. The summed E-state index contributed by atoms with van der Waals surface area (Å²) in [5.74, 6) is 0.985. The number of aryl methyl sites for hydroxylation is 1. The van der Waals surface area contributed by atoms with E-state index in [-0.39, 0.29) is 11.8 Å². The standard InChI is InChI=1S/C28H36NO2SSe/c1-19(2)23-17-26(20(3)4)28(27(18-23)21(5)6)33(25-11-9-8-10-12-25)29-32(30,31)24-15-13-22(7)14-16-24/h8-21,29H,1-7H3/q+1. The van der Waals surface area contributed by atoms with Gasteiger partial charge in [0.05, 0.1) is 0 Å². The Kier molecular flexibility index (Phi) is 8.23. The van der Waals surface area contributed by atoms with Crippen molar-refractivity contribution in [2.75, 3.05) is 0 Å². The van der Waals surface area contributed by atoms with Gasteiger partial charge in [0, 0.05) is 0 Å². The molecule has 0 heterocycles. The van der Waals surface area contributed by atoms with Gasteiger partial charge in [-0.05, 0) is 0 Å². The molecule has 1 N–H and O–H groups in total. The molecule has 1 unspecified atom stereocenters. The molecule has 3 rings (SSSR count). The van der Waals surface area contributed by atoms with Gasteiger partial charge in [-0.2, -0.15) is 0 Å². The minimum absolute atomic E-state index is 0.287. The van der Waals surface area contributed by atoms with Crippen LogP contribution < -0.4 is 12.7 Å². The van der Waals surface area contributed by atoms with Gasteiger partial charge in [-0.3, -0.25) is 0 Å². The minimum atomic E-state index is -3.68. The Morgan fingerprint density at radius 2 is 1.24 bits per heavy atom. The molecule has 0 aliphatic rings. The third-order valence-corrected chi connectivity index (χ3v) is 12.9. The zero-order valence-corrected chi connectivity index (χ0v) is 23.2. The number of nitrogens with one attached hydrogen (secondary N) is 1. The van der Waals surface area contributed by atoms with Gasteiger partial charge in [-0.1, -0.05) is 0 Å². The summed E-state index contributed by atoms with van der Waals surface area (Å²) in [7, 11) is -3.68. The zero-order chi connectivity index (χ0) is 24.3. The van der Waals surface area contributed by atoms with Crippen molar-refractivity contribution in [1.82, 2.24) is 3.74 Å². The first kappa shape index (κ1) is 25.7. The fraction of sp³-hybridized carbons (Fsp3) is 0.357. The van der Waals surface area contributed by atoms with Crippen molar-refractivity contribution in [3.63, 3.8) is 0 Å². The van der Waals surface area contributed by atoms with Crippen molar-refractivity contribution in [1.29, 1.82) is 0 Å². The Hall–Kier alpha value is -1.91. The quantitative estimate of drug-likeness (QED) is 0.395. The van der Waals surface area contributed by atoms with Gasteiger partial charge < -0.3 is 0 Å². The number of benzene rings is 3. The summed E-state index contributed by atoms with van der Waals surface area (Å²) in [5.41, 5.74) is 4.86. The van der Waals surface area contributed by atoms with Crippen LogP contribution in [0.2, 0.25) is 0 Å². The van der Waals surface area contributed by atoms with E-state index in [2.05, 4.69) is 69.5 Å². The van der Waals surface area contributed by atoms with Crippen LogP contribution in [0.25, 0.3) is 0 Å². The number of hydrogen-bond acceptors (Lipinski definition) is 2. The number of rotatable bonds is 8. The van der Waals surface area contributed by atoms with Gasteiger partial charge in [0.1, 0.15) is 0 Å². The van der Waals surface area contributed by atoms with Crippen LogP contribution in [0.15, 0.2) is 71.6 Å². The average molecular weight is 530 g/mol. The normalized spacial score (nSPS) is 13.2. The summed E-state index contributed by atoms with van der Waals surface area (Å²) in [4.78, 5) is 0.314. The van der Waals surface area contributed by atoms with Crippen LogP contribution in [0.4, 0.5) is 0 Å². The maximum absolute atomic E-state index is 13.6. The van der Waals surface area contributed by atoms with Crippen molar-refractivity contribution in [3.05, 3.63) is 89.0 Å². The van der Waals surface area contributed by atoms with Gasteiger partial charge in [-0.25, -0.2) is 0 Å². The van der Waals surface area contributed by atoms with Crippen LogP contribution in [-0.4, -0.2) is 22.5 Å². The molecule has 0 aliphatic carbocycles. The molecule has 0 fully saturated rings. The summed E-state index contributed by atoms with van der Waals surface area (Å²) >= 11 is -2.15. The van der Waals surface area contributed by atoms with E-state index in [9.17, 15) is 8.42 Å². The predicted molar refractivity (Wildman–Crippen MR) is 142 cm³/mol. The molecule has 5 heteroatoms. The molecule has 1 atom stereocenters. The Balaban J connectivity index is 2.27. The van der Waals surface area contributed by atoms with Crippen LogP contribution in [0, 0.1) is 6.92 Å². The second-order valence-electron chi connectivity index (χ2n) is 9.51. The van der Waals surface area contributed by atoms with Crippen LogP contribution in [0.1, 0.15) is 81.5 Å². The molecule has 3 aromatic rings. The van der Waals surface area contributed by atoms with E-state index in [1.54, 1.807) is 12.1 Å². The summed E-state index contributed by atoms with van der Waals surface area (Å²) in [6.07, 6.45) is 0. The van der Waals surface area contributed by atoms with Crippen molar-refractivity contribution < 1.29 is 8.42 Å². The monoisotopic (exact) mass is 530 g/mol. The molecule has 176 valence electrons. The number of hydrogen-bond donors (Lipinski definition) is 1. The predicted octanol–water partition coefficient (Wildman–Crippen LogP) is 5.45. The summed E-state index contributed by atoms with van der Waals surface area (Å²) in [5, 5.41) is 0. The fourth-order valence-electron chi connectivity index (χ4n) is 3.76. The van der Waals surface area contributed by atoms with E-state index in [4.69, 9.17) is 0 Å². The Labute approximate surface area is 204 Å². The second-order valence-corrected chi connectivity index (χ2v) is 15.3. The molecule has 0 aromatic heterocycles.